The zero-order valence-electron chi connectivity index (χ0n) is 6.42. The fourth-order valence-electron chi connectivity index (χ4n) is 0.534. The second-order valence-corrected chi connectivity index (χ2v) is 1.85. The van der Waals surface area contributed by atoms with Crippen LogP contribution in [-0.4, -0.2) is 23.4 Å². The van der Waals surface area contributed by atoms with Crippen molar-refractivity contribution in [2.24, 2.45) is 0 Å². The van der Waals surface area contributed by atoms with Gasteiger partial charge < -0.3 is 0 Å². The third-order valence-corrected chi connectivity index (χ3v) is 0.925. The normalized spacial score (nSPS) is 8.70. The van der Waals surface area contributed by atoms with Crippen molar-refractivity contribution in [1.82, 2.24) is 10.4 Å². The number of carbonyl (C=O) groups excluding carboxylic acids is 2. The van der Waals surface area contributed by atoms with Crippen LogP contribution in [0.15, 0.2) is 0 Å². The van der Waals surface area contributed by atoms with Gasteiger partial charge in [-0.15, -0.1) is 5.43 Å². The summed E-state index contributed by atoms with van der Waals surface area (Å²) in [5.41, 5.74) is 3.44. The lowest BCUT2D eigenvalue weighted by Crippen LogP contribution is -2.38. The van der Waals surface area contributed by atoms with Gasteiger partial charge >= 0.3 is 0 Å². The Kier molecular flexibility index (Phi) is 3.46. The van der Waals surface area contributed by atoms with Gasteiger partial charge in [0.15, 0.2) is 0 Å². The average Bonchev–Trinajstić information content (AvgIpc) is 1.81. The van der Waals surface area contributed by atoms with Crippen molar-refractivity contribution < 1.29 is 9.59 Å². The predicted molar refractivity (Wildman–Crippen MR) is 35.9 cm³/mol. The fourth-order valence-corrected chi connectivity index (χ4v) is 0.534. The van der Waals surface area contributed by atoms with Gasteiger partial charge in [-0.25, -0.2) is 5.01 Å². The van der Waals surface area contributed by atoms with Gasteiger partial charge in [-0.1, -0.05) is 0 Å². The van der Waals surface area contributed by atoms with Crippen molar-refractivity contribution in [2.45, 2.75) is 20.8 Å². The Morgan fingerprint density at radius 2 is 1.90 bits per heavy atom. The molecule has 0 saturated heterocycles. The summed E-state index contributed by atoms with van der Waals surface area (Å²) in [6.45, 7) is 4.88. The molecular weight excluding hydrogens is 132 g/mol. The monoisotopic (exact) mass is 143 g/mol. The molecule has 0 aliphatic heterocycles. The molecule has 0 aromatic heterocycles. The van der Waals surface area contributed by atoms with Gasteiger partial charge in [0.05, 0.1) is 0 Å². The first-order valence-corrected chi connectivity index (χ1v) is 3.08. The molecule has 0 N–H and O–H groups in total. The lowest BCUT2D eigenvalue weighted by molar-refractivity contribution is -0.139. The maximum absolute atomic E-state index is 10.6. The summed E-state index contributed by atoms with van der Waals surface area (Å²) in [6.07, 6.45) is 0. The van der Waals surface area contributed by atoms with Crippen LogP contribution < -0.4 is 5.43 Å². The molecule has 4 nitrogen and oxygen atoms in total. The molecule has 0 atom stereocenters. The van der Waals surface area contributed by atoms with Crippen molar-refractivity contribution in [3.05, 3.63) is 0 Å². The second-order valence-electron chi connectivity index (χ2n) is 1.85. The van der Waals surface area contributed by atoms with Crippen molar-refractivity contribution in [3.63, 3.8) is 0 Å². The summed E-state index contributed by atoms with van der Waals surface area (Å²) in [6, 6.07) is 0. The van der Waals surface area contributed by atoms with E-state index in [1.807, 2.05) is 0 Å². The highest BCUT2D eigenvalue weighted by molar-refractivity contribution is 5.78. The van der Waals surface area contributed by atoms with E-state index in [2.05, 4.69) is 5.43 Å². The van der Waals surface area contributed by atoms with E-state index < -0.39 is 0 Å². The molecule has 0 aromatic carbocycles. The van der Waals surface area contributed by atoms with Crippen LogP contribution in [-0.2, 0) is 9.59 Å². The first kappa shape index (κ1) is 8.94. The molecule has 10 heavy (non-hydrogen) atoms. The predicted octanol–water partition coefficient (Wildman–Crippen LogP) is -0.0793. The minimum Gasteiger partial charge on any atom is -0.273 e. The van der Waals surface area contributed by atoms with Crippen LogP contribution in [0.5, 0.6) is 0 Å². The van der Waals surface area contributed by atoms with Crippen LogP contribution in [0.4, 0.5) is 0 Å². The van der Waals surface area contributed by atoms with E-state index in [9.17, 15) is 9.59 Å². The summed E-state index contributed by atoms with van der Waals surface area (Å²) in [5.74, 6) is -0.560. The number of carbonyl (C=O) groups is 2. The summed E-state index contributed by atoms with van der Waals surface area (Å²) < 4.78 is 0. The summed E-state index contributed by atoms with van der Waals surface area (Å²) in [5, 5.41) is 1.13. The largest absolute Gasteiger partial charge is 0.273 e. The first-order chi connectivity index (χ1) is 4.57. The molecule has 0 aliphatic carbocycles. The molecule has 0 rings (SSSR count). The second kappa shape index (κ2) is 3.87. The van der Waals surface area contributed by atoms with Gasteiger partial charge in [0, 0.05) is 20.4 Å². The molecule has 0 fully saturated rings. The molecule has 57 valence electrons. The third-order valence-electron chi connectivity index (χ3n) is 0.925. The summed E-state index contributed by atoms with van der Waals surface area (Å²) in [7, 11) is 0. The number of hydrogen-bond acceptors (Lipinski definition) is 2. The molecule has 0 aliphatic rings. The van der Waals surface area contributed by atoms with E-state index in [4.69, 9.17) is 0 Å². The van der Waals surface area contributed by atoms with Crippen LogP contribution in [0, 0.1) is 0 Å². The van der Waals surface area contributed by atoms with Gasteiger partial charge in [0.2, 0.25) is 5.91 Å². The summed E-state index contributed by atoms with van der Waals surface area (Å²) >= 11 is 0. The quantitative estimate of drug-likeness (QED) is 0.482. The zero-order chi connectivity index (χ0) is 8.15. The highest BCUT2D eigenvalue weighted by Crippen LogP contribution is 1.83. The van der Waals surface area contributed by atoms with E-state index >= 15 is 0 Å². The average molecular weight is 143 g/mol. The molecule has 2 amide bonds. The Bertz CT molecular complexity index is 145. The van der Waals surface area contributed by atoms with Crippen LogP contribution >= 0.6 is 0 Å². The van der Waals surface area contributed by atoms with Crippen LogP contribution in [0.1, 0.15) is 20.8 Å². The Morgan fingerprint density at radius 1 is 1.40 bits per heavy atom. The molecule has 0 heterocycles. The molecule has 0 saturated carbocycles. The Hall–Kier alpha value is -1.06. The van der Waals surface area contributed by atoms with Crippen molar-refractivity contribution in [1.29, 1.82) is 0 Å². The maximum atomic E-state index is 10.6. The highest BCUT2D eigenvalue weighted by atomic mass is 16.2. The van der Waals surface area contributed by atoms with E-state index in [-0.39, 0.29) is 11.8 Å². The van der Waals surface area contributed by atoms with Gasteiger partial charge in [0.1, 0.15) is 0 Å². The zero-order valence-corrected chi connectivity index (χ0v) is 6.42. The molecule has 1 radical (unpaired) electrons. The third kappa shape index (κ3) is 3.06. The molecule has 0 unspecified atom stereocenters. The SMILES string of the molecule is CCN([N]C(C)=O)C(C)=O. The number of hydrogen-bond donors (Lipinski definition) is 0. The molecule has 0 aromatic rings. The maximum Gasteiger partial charge on any atom is 0.259 e. The number of amides is 2. The smallest absolute Gasteiger partial charge is 0.259 e. The highest BCUT2D eigenvalue weighted by Gasteiger charge is 2.07. The Balaban J connectivity index is 3.83. The van der Waals surface area contributed by atoms with Crippen LogP contribution in [0.3, 0.4) is 0 Å². The number of rotatable bonds is 1. The van der Waals surface area contributed by atoms with E-state index in [0.717, 1.165) is 5.01 Å². The topological polar surface area (TPSA) is 51.5 Å². The van der Waals surface area contributed by atoms with Gasteiger partial charge in [-0.05, 0) is 6.92 Å². The fraction of sp³-hybridized carbons (Fsp3) is 0.667. The van der Waals surface area contributed by atoms with Gasteiger partial charge in [-0.2, -0.15) is 0 Å². The Labute approximate surface area is 60.2 Å². The van der Waals surface area contributed by atoms with Crippen molar-refractivity contribution >= 4 is 11.8 Å². The van der Waals surface area contributed by atoms with E-state index in [0.29, 0.717) is 6.54 Å². The Morgan fingerprint density at radius 3 is 2.00 bits per heavy atom. The first-order valence-electron chi connectivity index (χ1n) is 3.08. The van der Waals surface area contributed by atoms with Gasteiger partial charge in [0.25, 0.3) is 5.91 Å². The lowest BCUT2D eigenvalue weighted by atomic mass is 10.6. The van der Waals surface area contributed by atoms with Crippen LogP contribution in [0.25, 0.3) is 0 Å². The van der Waals surface area contributed by atoms with E-state index in [1.54, 1.807) is 6.92 Å². The minimum absolute atomic E-state index is 0.210. The van der Waals surface area contributed by atoms with Gasteiger partial charge in [-0.3, -0.25) is 9.59 Å². The number of nitrogens with zero attached hydrogens (tertiary/aromatic N) is 2. The molecule has 0 spiro atoms. The minimum atomic E-state index is -0.350. The molecule has 0 bridgehead atoms. The van der Waals surface area contributed by atoms with Crippen molar-refractivity contribution in [3.8, 4) is 0 Å². The lowest BCUT2D eigenvalue weighted by Gasteiger charge is -2.14. The summed E-state index contributed by atoms with van der Waals surface area (Å²) in [4.78, 5) is 20.9. The van der Waals surface area contributed by atoms with Crippen molar-refractivity contribution in [2.75, 3.05) is 6.54 Å². The van der Waals surface area contributed by atoms with Crippen LogP contribution in [0.2, 0.25) is 0 Å². The molecular formula is C6H11N2O2. The molecule has 4 heteroatoms. The standard InChI is InChI=1S/C6H11N2O2/c1-4-8(6(3)10)7-5(2)9/h4H2,1-3H3. The van der Waals surface area contributed by atoms with E-state index in [1.165, 1.54) is 13.8 Å².